The number of H-pyrrole nitrogens is 1. The van der Waals surface area contributed by atoms with E-state index in [9.17, 15) is 9.90 Å². The van der Waals surface area contributed by atoms with Crippen LogP contribution in [-0.2, 0) is 12.0 Å². The third-order valence-corrected chi connectivity index (χ3v) is 7.79. The predicted molar refractivity (Wildman–Crippen MR) is 133 cm³/mol. The van der Waals surface area contributed by atoms with Crippen LogP contribution in [0.5, 0.6) is 0 Å². The molecule has 2 aromatic rings. The molecule has 2 N–H and O–H groups in total. The normalized spacial score (nSPS) is 24.5. The third kappa shape index (κ3) is 5.16. The predicted octanol–water partition coefficient (Wildman–Crippen LogP) is 4.99. The van der Waals surface area contributed by atoms with Gasteiger partial charge in [-0.15, -0.1) is 0 Å². The van der Waals surface area contributed by atoms with Gasteiger partial charge in [0.15, 0.2) is 5.82 Å². The number of nitrogens with one attached hydrogen (secondary N) is 1. The number of ketones is 1. The second kappa shape index (κ2) is 9.48. The van der Waals surface area contributed by atoms with Crippen molar-refractivity contribution in [2.45, 2.75) is 76.9 Å². The van der Waals surface area contributed by atoms with Gasteiger partial charge in [0, 0.05) is 12.5 Å². The van der Waals surface area contributed by atoms with Gasteiger partial charge >= 0.3 is 0 Å². The van der Waals surface area contributed by atoms with E-state index in [0.29, 0.717) is 6.04 Å². The third-order valence-electron chi connectivity index (χ3n) is 7.79. The number of carbonyl (C=O) groups is 1. The summed E-state index contributed by atoms with van der Waals surface area (Å²) < 4.78 is 0. The molecule has 0 aliphatic heterocycles. The van der Waals surface area contributed by atoms with E-state index in [4.69, 9.17) is 5.26 Å². The molecule has 6 heteroatoms. The minimum atomic E-state index is -0.832. The molecule has 34 heavy (non-hydrogen) atoms. The zero-order chi connectivity index (χ0) is 24.5. The van der Waals surface area contributed by atoms with E-state index in [1.165, 1.54) is 11.8 Å². The van der Waals surface area contributed by atoms with E-state index in [-0.39, 0.29) is 29.1 Å². The van der Waals surface area contributed by atoms with E-state index in [0.717, 1.165) is 61.6 Å². The number of hydrogen-bond acceptors (Lipinski definition) is 5. The molecule has 1 saturated carbocycles. The molecule has 0 saturated heterocycles. The molecule has 0 bridgehead atoms. The molecule has 0 amide bonds. The summed E-state index contributed by atoms with van der Waals surface area (Å²) in [4.78, 5) is 22.1. The number of hydrogen-bond donors (Lipinski definition) is 2. The van der Waals surface area contributed by atoms with Gasteiger partial charge in [-0.05, 0) is 92.8 Å². The van der Waals surface area contributed by atoms with Crippen molar-refractivity contribution in [3.05, 3.63) is 58.7 Å². The van der Waals surface area contributed by atoms with Crippen LogP contribution < -0.4 is 0 Å². The minimum Gasteiger partial charge on any atom is -0.385 e. The van der Waals surface area contributed by atoms with Gasteiger partial charge in [0.05, 0.1) is 11.8 Å². The fourth-order valence-corrected chi connectivity index (χ4v) is 5.30. The lowest BCUT2D eigenvalue weighted by molar-refractivity contribution is -0.0190. The summed E-state index contributed by atoms with van der Waals surface area (Å²) in [5.74, 6) is 0.0726. The monoisotopic (exact) mass is 460 g/mol. The van der Waals surface area contributed by atoms with Crippen LogP contribution >= 0.6 is 0 Å². The number of carbonyl (C=O) groups excluding carboxylic acids is 1. The fourth-order valence-electron chi connectivity index (χ4n) is 5.30. The van der Waals surface area contributed by atoms with E-state index in [1.54, 1.807) is 0 Å². The van der Waals surface area contributed by atoms with Crippen molar-refractivity contribution in [3.63, 3.8) is 0 Å². The molecule has 0 atom stereocenters. The van der Waals surface area contributed by atoms with Crippen LogP contribution in [0.3, 0.4) is 0 Å². The van der Waals surface area contributed by atoms with Gasteiger partial charge in [0.25, 0.3) is 0 Å². The number of rotatable bonds is 6. The smallest absolute Gasteiger partial charge is 0.202 e. The molecule has 6 nitrogen and oxygen atoms in total. The zero-order valence-electron chi connectivity index (χ0n) is 20.8. The average molecular weight is 461 g/mol. The first kappa shape index (κ1) is 24.4. The van der Waals surface area contributed by atoms with Crippen LogP contribution in [0.4, 0.5) is 0 Å². The Hall–Kier alpha value is -2.75. The maximum atomic E-state index is 13.0. The van der Waals surface area contributed by atoms with E-state index in [2.05, 4.69) is 55.0 Å². The molecular formula is C28H36N4O2. The Kier molecular flexibility index (Phi) is 6.80. The number of aliphatic hydroxyl groups is 1. The van der Waals surface area contributed by atoms with Crippen molar-refractivity contribution in [2.75, 3.05) is 14.1 Å². The Bertz CT molecular complexity index is 1130. The molecule has 1 fully saturated rings. The molecule has 1 heterocycles. The molecule has 1 aromatic carbocycles. The lowest BCUT2D eigenvalue weighted by atomic mass is 9.74. The highest BCUT2D eigenvalue weighted by Gasteiger charge is 2.36. The Morgan fingerprint density at radius 2 is 2.00 bits per heavy atom. The van der Waals surface area contributed by atoms with Crippen LogP contribution in [-0.4, -0.2) is 45.9 Å². The molecule has 2 aliphatic carbocycles. The van der Waals surface area contributed by atoms with Crippen molar-refractivity contribution < 1.29 is 9.90 Å². The Balaban J connectivity index is 1.66. The van der Waals surface area contributed by atoms with Gasteiger partial charge in [-0.1, -0.05) is 32.1 Å². The van der Waals surface area contributed by atoms with Gasteiger partial charge < -0.3 is 15.0 Å². The van der Waals surface area contributed by atoms with Gasteiger partial charge in [0.1, 0.15) is 11.8 Å². The lowest BCUT2D eigenvalue weighted by Crippen LogP contribution is -2.39. The summed E-state index contributed by atoms with van der Waals surface area (Å²) >= 11 is 0. The van der Waals surface area contributed by atoms with E-state index < -0.39 is 5.60 Å². The molecular weight excluding hydrogens is 424 g/mol. The first-order valence-corrected chi connectivity index (χ1v) is 12.3. The van der Waals surface area contributed by atoms with Gasteiger partial charge in [-0.3, -0.25) is 4.79 Å². The van der Waals surface area contributed by atoms with Crippen LogP contribution in [0.15, 0.2) is 30.5 Å². The van der Waals surface area contributed by atoms with Crippen LogP contribution in [0, 0.1) is 16.7 Å². The summed E-state index contributed by atoms with van der Waals surface area (Å²) in [6, 6.07) is 8.63. The topological polar surface area (TPSA) is 93.0 Å². The minimum absolute atomic E-state index is 0.141. The number of aromatic amines is 1. The van der Waals surface area contributed by atoms with Crippen LogP contribution in [0.2, 0.25) is 0 Å². The summed E-state index contributed by atoms with van der Waals surface area (Å²) in [5.41, 5.74) is 3.95. The van der Waals surface area contributed by atoms with Gasteiger partial charge in [-0.2, -0.15) is 5.26 Å². The fraction of sp³-hybridized carbons (Fsp3) is 0.536. The number of imidazole rings is 1. The van der Waals surface area contributed by atoms with Crippen molar-refractivity contribution in [1.82, 2.24) is 14.9 Å². The number of aromatic nitrogens is 2. The van der Waals surface area contributed by atoms with Gasteiger partial charge in [-0.25, -0.2) is 4.98 Å². The first-order valence-electron chi connectivity index (χ1n) is 12.3. The molecule has 0 spiro atoms. The average Bonchev–Trinajstić information content (AvgIpc) is 3.29. The number of allylic oxidation sites excluding steroid dienone is 2. The molecule has 2 aliphatic rings. The van der Waals surface area contributed by atoms with Crippen LogP contribution in [0.25, 0.3) is 5.57 Å². The largest absolute Gasteiger partial charge is 0.385 e. The van der Waals surface area contributed by atoms with E-state index >= 15 is 0 Å². The summed E-state index contributed by atoms with van der Waals surface area (Å²) in [6.45, 7) is 4.58. The molecule has 4 rings (SSSR count). The highest BCUT2D eigenvalue weighted by molar-refractivity contribution is 5.95. The zero-order valence-corrected chi connectivity index (χ0v) is 20.8. The highest BCUT2D eigenvalue weighted by atomic mass is 16.3. The summed E-state index contributed by atoms with van der Waals surface area (Å²) in [5, 5.41) is 20.6. The number of Topliss-reactive ketones (excluding diaryl/α,β-unsaturated/α-hetero) is 1. The SMILES string of the molecule is CN(C)C1CCC(O)(c2ccc(CC(=O)c3ncc(C#N)[nH]3)c(C3=CCC(C)(C)CC3)c2)CC1. The Morgan fingerprint density at radius 1 is 1.26 bits per heavy atom. The summed E-state index contributed by atoms with van der Waals surface area (Å²) in [6.07, 6.45) is 10.4. The van der Waals surface area contributed by atoms with Crippen molar-refractivity contribution in [3.8, 4) is 6.07 Å². The molecule has 0 radical (unpaired) electrons. The summed E-state index contributed by atoms with van der Waals surface area (Å²) in [7, 11) is 4.21. The molecule has 180 valence electrons. The Labute approximate surface area is 202 Å². The highest BCUT2D eigenvalue weighted by Crippen LogP contribution is 2.42. The first-order chi connectivity index (χ1) is 16.1. The van der Waals surface area contributed by atoms with Crippen molar-refractivity contribution in [2.24, 2.45) is 5.41 Å². The second-order valence-corrected chi connectivity index (χ2v) is 11.1. The lowest BCUT2D eigenvalue weighted by Gasteiger charge is -2.39. The maximum Gasteiger partial charge on any atom is 0.202 e. The number of nitriles is 1. The number of benzene rings is 1. The quantitative estimate of drug-likeness (QED) is 0.592. The Morgan fingerprint density at radius 3 is 2.59 bits per heavy atom. The van der Waals surface area contributed by atoms with E-state index in [1.807, 2.05) is 18.2 Å². The standard InChI is InChI=1S/C28H36N4O2/c1-27(2)11-7-19(8-12-27)24-16-21(28(34)13-9-23(10-14-28)32(3)4)6-5-20(24)15-25(33)26-30-18-22(17-29)31-26/h5-7,16,18,23,34H,8-15H2,1-4H3,(H,30,31). The molecule has 1 aromatic heterocycles. The van der Waals surface area contributed by atoms with Crippen molar-refractivity contribution >= 4 is 11.4 Å². The van der Waals surface area contributed by atoms with Crippen molar-refractivity contribution in [1.29, 1.82) is 5.26 Å². The maximum absolute atomic E-state index is 13.0. The van der Waals surface area contributed by atoms with Crippen LogP contribution in [0.1, 0.15) is 91.8 Å². The number of nitrogens with zero attached hydrogens (tertiary/aromatic N) is 3. The second-order valence-electron chi connectivity index (χ2n) is 11.1. The van der Waals surface area contributed by atoms with Gasteiger partial charge in [0.2, 0.25) is 5.78 Å². The molecule has 0 unspecified atom stereocenters.